The maximum Gasteiger partial charge on any atom is 0.289 e. The van der Waals surface area contributed by atoms with Crippen LogP contribution in [0.1, 0.15) is 21.6 Å². The zero-order chi connectivity index (χ0) is 24.0. The molecule has 35 heavy (non-hydrogen) atoms. The summed E-state index contributed by atoms with van der Waals surface area (Å²) in [6.07, 6.45) is 1.49. The molecular formula is C28H22N4O3. The molecule has 3 N–H and O–H groups in total. The molecule has 1 heterocycles. The third kappa shape index (κ3) is 5.04. The molecule has 0 saturated heterocycles. The second kappa shape index (κ2) is 9.93. The zero-order valence-electron chi connectivity index (χ0n) is 18.7. The molecule has 1 amide bonds. The van der Waals surface area contributed by atoms with Crippen molar-refractivity contribution in [3.05, 3.63) is 114 Å². The number of carbonyl (C=O) groups is 1. The van der Waals surface area contributed by atoms with Crippen molar-refractivity contribution in [3.63, 3.8) is 0 Å². The first kappa shape index (κ1) is 21.9. The van der Waals surface area contributed by atoms with Crippen LogP contribution in [0.25, 0.3) is 22.0 Å². The number of nitrogens with one attached hydrogen (secondary N) is 2. The van der Waals surface area contributed by atoms with Gasteiger partial charge in [0.25, 0.3) is 5.91 Å². The quantitative estimate of drug-likeness (QED) is 0.226. The molecule has 0 atom stereocenters. The van der Waals surface area contributed by atoms with Crippen LogP contribution in [-0.4, -0.2) is 27.4 Å². The molecule has 0 bridgehead atoms. The number of aromatic hydroxyl groups is 1. The standard InChI is InChI=1S/C28H22N4O3/c33-22-14-12-19(13-15-22)17-29-32-28(34)26-16-25(30-31-26)24-10-3-4-11-27(24)35-18-21-8-5-7-20-6-1-2-9-23(20)21/h1-17,33H,18H2,(H,30,31)(H,32,34). The molecule has 0 fully saturated rings. The normalized spacial score (nSPS) is 11.1. The average molecular weight is 463 g/mol. The van der Waals surface area contributed by atoms with Crippen LogP contribution in [0.2, 0.25) is 0 Å². The van der Waals surface area contributed by atoms with E-state index in [1.807, 2.05) is 42.5 Å². The van der Waals surface area contributed by atoms with Crippen molar-refractivity contribution in [2.75, 3.05) is 0 Å². The number of hydrogen-bond acceptors (Lipinski definition) is 5. The molecule has 0 unspecified atom stereocenters. The fraction of sp³-hybridized carbons (Fsp3) is 0.0357. The van der Waals surface area contributed by atoms with Gasteiger partial charge in [0, 0.05) is 5.56 Å². The van der Waals surface area contributed by atoms with Crippen LogP contribution in [-0.2, 0) is 6.61 Å². The molecule has 4 aromatic carbocycles. The number of amides is 1. The summed E-state index contributed by atoms with van der Waals surface area (Å²) in [5.41, 5.74) is 5.93. The van der Waals surface area contributed by atoms with E-state index in [1.54, 1.807) is 30.3 Å². The molecule has 0 aliphatic carbocycles. The number of ether oxygens (including phenoxy) is 1. The first-order valence-electron chi connectivity index (χ1n) is 11.0. The number of hydrogen-bond donors (Lipinski definition) is 3. The van der Waals surface area contributed by atoms with E-state index in [2.05, 4.69) is 45.0 Å². The summed E-state index contributed by atoms with van der Waals surface area (Å²) >= 11 is 0. The lowest BCUT2D eigenvalue weighted by Crippen LogP contribution is -2.17. The summed E-state index contributed by atoms with van der Waals surface area (Å²) in [5.74, 6) is 0.412. The first-order chi connectivity index (χ1) is 17.2. The van der Waals surface area contributed by atoms with Crippen molar-refractivity contribution in [1.82, 2.24) is 15.6 Å². The molecule has 172 valence electrons. The van der Waals surface area contributed by atoms with Gasteiger partial charge < -0.3 is 9.84 Å². The molecule has 5 aromatic rings. The van der Waals surface area contributed by atoms with Gasteiger partial charge in [-0.2, -0.15) is 10.2 Å². The number of aromatic amines is 1. The maximum absolute atomic E-state index is 12.5. The highest BCUT2D eigenvalue weighted by molar-refractivity contribution is 5.94. The average Bonchev–Trinajstić information content (AvgIpc) is 3.39. The van der Waals surface area contributed by atoms with E-state index in [0.717, 1.165) is 27.5 Å². The SMILES string of the molecule is O=C(NN=Cc1ccc(O)cc1)c1cc(-c2ccccc2OCc2cccc3ccccc23)n[nH]1. The highest BCUT2D eigenvalue weighted by atomic mass is 16.5. The topological polar surface area (TPSA) is 99.6 Å². The van der Waals surface area contributed by atoms with E-state index in [0.29, 0.717) is 18.1 Å². The zero-order valence-corrected chi connectivity index (χ0v) is 18.7. The van der Waals surface area contributed by atoms with E-state index in [4.69, 9.17) is 4.74 Å². The van der Waals surface area contributed by atoms with Crippen LogP contribution in [0.4, 0.5) is 0 Å². The molecule has 5 rings (SSSR count). The summed E-state index contributed by atoms with van der Waals surface area (Å²) in [6.45, 7) is 0.405. The third-order valence-electron chi connectivity index (χ3n) is 5.52. The fourth-order valence-corrected chi connectivity index (χ4v) is 3.74. The van der Waals surface area contributed by atoms with E-state index < -0.39 is 5.91 Å². The van der Waals surface area contributed by atoms with E-state index in [-0.39, 0.29) is 11.4 Å². The van der Waals surface area contributed by atoms with Gasteiger partial charge in [0.1, 0.15) is 23.8 Å². The van der Waals surface area contributed by atoms with Gasteiger partial charge in [-0.05, 0) is 64.4 Å². The van der Waals surface area contributed by atoms with Gasteiger partial charge in [-0.25, -0.2) is 5.43 Å². The number of phenols is 1. The Kier molecular flexibility index (Phi) is 6.21. The fourth-order valence-electron chi connectivity index (χ4n) is 3.74. The van der Waals surface area contributed by atoms with Gasteiger partial charge in [-0.1, -0.05) is 54.6 Å². The van der Waals surface area contributed by atoms with Gasteiger partial charge in [-0.15, -0.1) is 0 Å². The minimum atomic E-state index is -0.423. The Morgan fingerprint density at radius 2 is 1.74 bits per heavy atom. The summed E-state index contributed by atoms with van der Waals surface area (Å²) in [7, 11) is 0. The van der Waals surface area contributed by atoms with Crippen molar-refractivity contribution >= 4 is 22.9 Å². The van der Waals surface area contributed by atoms with Crippen LogP contribution in [0.15, 0.2) is 102 Å². The number of aromatic nitrogens is 2. The maximum atomic E-state index is 12.5. The molecule has 7 heteroatoms. The predicted molar refractivity (Wildman–Crippen MR) is 135 cm³/mol. The smallest absolute Gasteiger partial charge is 0.289 e. The summed E-state index contributed by atoms with van der Waals surface area (Å²) < 4.78 is 6.18. The van der Waals surface area contributed by atoms with Gasteiger partial charge in [0.15, 0.2) is 0 Å². The number of fused-ring (bicyclic) bond motifs is 1. The molecule has 7 nitrogen and oxygen atoms in total. The molecule has 1 aromatic heterocycles. The highest BCUT2D eigenvalue weighted by Crippen LogP contribution is 2.30. The van der Waals surface area contributed by atoms with Gasteiger partial charge in [0.05, 0.1) is 11.9 Å². The lowest BCUT2D eigenvalue weighted by Gasteiger charge is -2.12. The van der Waals surface area contributed by atoms with Crippen LogP contribution < -0.4 is 10.2 Å². The Morgan fingerprint density at radius 3 is 2.63 bits per heavy atom. The minimum Gasteiger partial charge on any atom is -0.508 e. The van der Waals surface area contributed by atoms with Crippen molar-refractivity contribution in [2.24, 2.45) is 5.10 Å². The predicted octanol–water partition coefficient (Wildman–Crippen LogP) is 5.28. The van der Waals surface area contributed by atoms with Gasteiger partial charge in [0.2, 0.25) is 0 Å². The Hall–Kier alpha value is -4.91. The Balaban J connectivity index is 1.29. The number of carbonyl (C=O) groups excluding carboxylic acids is 1. The lowest BCUT2D eigenvalue weighted by molar-refractivity contribution is 0.0950. The summed E-state index contributed by atoms with van der Waals surface area (Å²) in [6, 6.07) is 30.1. The summed E-state index contributed by atoms with van der Waals surface area (Å²) in [4.78, 5) is 12.5. The highest BCUT2D eigenvalue weighted by Gasteiger charge is 2.14. The molecule has 0 aliphatic rings. The number of para-hydroxylation sites is 1. The van der Waals surface area contributed by atoms with Crippen LogP contribution >= 0.6 is 0 Å². The molecule has 0 aliphatic heterocycles. The van der Waals surface area contributed by atoms with Gasteiger partial charge in [-0.3, -0.25) is 9.89 Å². The molecule has 0 spiro atoms. The molecule has 0 radical (unpaired) electrons. The number of nitrogens with zero attached hydrogens (tertiary/aromatic N) is 2. The van der Waals surface area contributed by atoms with Gasteiger partial charge >= 0.3 is 0 Å². The van der Waals surface area contributed by atoms with E-state index >= 15 is 0 Å². The second-order valence-corrected chi connectivity index (χ2v) is 7.88. The Bertz CT molecular complexity index is 1500. The molecular weight excluding hydrogens is 440 g/mol. The minimum absolute atomic E-state index is 0.164. The lowest BCUT2D eigenvalue weighted by atomic mass is 10.1. The van der Waals surface area contributed by atoms with E-state index in [1.165, 1.54) is 6.21 Å². The number of benzene rings is 4. The monoisotopic (exact) mass is 462 g/mol. The molecule has 0 saturated carbocycles. The second-order valence-electron chi connectivity index (χ2n) is 7.88. The summed E-state index contributed by atoms with van der Waals surface area (Å²) in [5, 5.41) is 22.7. The number of H-pyrrole nitrogens is 1. The number of rotatable bonds is 7. The van der Waals surface area contributed by atoms with Crippen molar-refractivity contribution in [2.45, 2.75) is 6.61 Å². The van der Waals surface area contributed by atoms with Crippen LogP contribution in [0, 0.1) is 0 Å². The largest absolute Gasteiger partial charge is 0.508 e. The van der Waals surface area contributed by atoms with Crippen molar-refractivity contribution < 1.29 is 14.6 Å². The van der Waals surface area contributed by atoms with Crippen LogP contribution in [0.5, 0.6) is 11.5 Å². The number of phenolic OH excluding ortho intramolecular Hbond substituents is 1. The van der Waals surface area contributed by atoms with Crippen LogP contribution in [0.3, 0.4) is 0 Å². The van der Waals surface area contributed by atoms with Crippen molar-refractivity contribution in [3.8, 4) is 22.8 Å². The first-order valence-corrected chi connectivity index (χ1v) is 11.0. The van der Waals surface area contributed by atoms with Crippen molar-refractivity contribution in [1.29, 1.82) is 0 Å². The Labute approximate surface area is 201 Å². The third-order valence-corrected chi connectivity index (χ3v) is 5.52. The van der Waals surface area contributed by atoms with E-state index in [9.17, 15) is 9.90 Å². The Morgan fingerprint density at radius 1 is 0.971 bits per heavy atom. The number of hydrazone groups is 1.